The molecule has 236 valence electrons. The Hall–Kier alpha value is -5.93. The second-order valence-electron chi connectivity index (χ2n) is 12.0. The van der Waals surface area contributed by atoms with Crippen molar-refractivity contribution in [2.45, 2.75) is 27.2 Å². The molecule has 0 spiro atoms. The van der Waals surface area contributed by atoms with E-state index >= 15 is 0 Å². The van der Waals surface area contributed by atoms with Crippen molar-refractivity contribution in [1.29, 1.82) is 5.41 Å². The van der Waals surface area contributed by atoms with E-state index in [2.05, 4.69) is 145 Å². The maximum Gasteiger partial charge on any atom is 0.0771 e. The van der Waals surface area contributed by atoms with Crippen molar-refractivity contribution in [2.24, 2.45) is 0 Å². The molecule has 0 bridgehead atoms. The van der Waals surface area contributed by atoms with Crippen molar-refractivity contribution < 1.29 is 0 Å². The lowest BCUT2D eigenvalue weighted by atomic mass is 10.0. The Morgan fingerprint density at radius 2 is 1.54 bits per heavy atom. The Morgan fingerprint density at radius 3 is 2.33 bits per heavy atom. The van der Waals surface area contributed by atoms with E-state index in [1.165, 1.54) is 49.0 Å². The van der Waals surface area contributed by atoms with Crippen LogP contribution in [0.15, 0.2) is 158 Å². The van der Waals surface area contributed by atoms with Crippen molar-refractivity contribution in [1.82, 2.24) is 9.55 Å². The predicted octanol–water partition coefficient (Wildman–Crippen LogP) is 12.8. The molecule has 0 radical (unpaired) electrons. The fraction of sp³-hybridized carbons (Fsp3) is 0.0889. The van der Waals surface area contributed by atoms with E-state index < -0.39 is 0 Å². The third-order valence-corrected chi connectivity index (χ3v) is 8.55. The molecule has 0 amide bonds. The van der Waals surface area contributed by atoms with Crippen molar-refractivity contribution in [3.05, 3.63) is 170 Å². The monoisotopic (exact) mass is 623 g/mol. The third kappa shape index (κ3) is 6.36. The minimum atomic E-state index is 0.471. The van der Waals surface area contributed by atoms with Crippen LogP contribution in [-0.4, -0.2) is 15.3 Å². The zero-order valence-electron chi connectivity index (χ0n) is 27.9. The number of rotatable bonds is 8. The summed E-state index contributed by atoms with van der Waals surface area (Å²) in [5.41, 5.74) is 9.43. The number of hydrogen-bond donors (Lipinski definition) is 2. The molecular formula is C45H41N3. The van der Waals surface area contributed by atoms with Crippen LogP contribution in [0.1, 0.15) is 38.4 Å². The number of nitrogens with zero attached hydrogens (tertiary/aromatic N) is 1. The highest BCUT2D eigenvalue weighted by Gasteiger charge is 2.17. The normalized spacial score (nSPS) is 11.9. The van der Waals surface area contributed by atoms with Gasteiger partial charge in [-0.3, -0.25) is 5.41 Å². The van der Waals surface area contributed by atoms with E-state index in [4.69, 9.17) is 5.41 Å². The SMILES string of the molecule is C=C/C=C(\C)C/C=C/c1ccc2c(ccc3c4ccc(-c5c[nH]c(C(=N)/C=C\C)c5)cc4n(-c4ccc5ccccc5c4)c23)c1.C=CC. The second-order valence-corrected chi connectivity index (χ2v) is 12.0. The lowest BCUT2D eigenvalue weighted by molar-refractivity contribution is 1.19. The second kappa shape index (κ2) is 14.2. The first kappa shape index (κ1) is 32.0. The Kier molecular flexibility index (Phi) is 9.50. The Balaban J connectivity index is 0.00000129. The Labute approximate surface area is 283 Å². The van der Waals surface area contributed by atoms with Gasteiger partial charge in [-0.25, -0.2) is 0 Å². The molecule has 48 heavy (non-hydrogen) atoms. The number of aromatic nitrogens is 2. The summed E-state index contributed by atoms with van der Waals surface area (Å²) in [6.45, 7) is 13.1. The number of nitrogens with one attached hydrogen (secondary N) is 2. The average molecular weight is 624 g/mol. The Bertz CT molecular complexity index is 2400. The number of aromatic amines is 1. The largest absolute Gasteiger partial charge is 0.359 e. The molecule has 7 rings (SSSR count). The molecule has 2 N–H and O–H groups in total. The maximum atomic E-state index is 8.35. The van der Waals surface area contributed by atoms with Gasteiger partial charge in [0.2, 0.25) is 0 Å². The molecule has 0 unspecified atom stereocenters. The van der Waals surface area contributed by atoms with Gasteiger partial charge in [-0.15, -0.1) is 6.58 Å². The first-order valence-electron chi connectivity index (χ1n) is 16.4. The van der Waals surface area contributed by atoms with Crippen LogP contribution in [0.5, 0.6) is 0 Å². The lowest BCUT2D eigenvalue weighted by Gasteiger charge is -2.12. The van der Waals surface area contributed by atoms with E-state index in [1.807, 2.05) is 38.3 Å². The molecule has 0 saturated carbocycles. The van der Waals surface area contributed by atoms with Gasteiger partial charge in [0.1, 0.15) is 0 Å². The van der Waals surface area contributed by atoms with Gasteiger partial charge >= 0.3 is 0 Å². The van der Waals surface area contributed by atoms with Crippen LogP contribution >= 0.6 is 0 Å². The van der Waals surface area contributed by atoms with Crippen LogP contribution in [0.4, 0.5) is 0 Å². The van der Waals surface area contributed by atoms with Gasteiger partial charge in [-0.05, 0) is 96.4 Å². The first-order valence-corrected chi connectivity index (χ1v) is 16.4. The van der Waals surface area contributed by atoms with Crippen LogP contribution in [-0.2, 0) is 0 Å². The summed E-state index contributed by atoms with van der Waals surface area (Å²) < 4.78 is 2.43. The highest BCUT2D eigenvalue weighted by molar-refractivity contribution is 6.19. The molecule has 2 heterocycles. The van der Waals surface area contributed by atoms with Crippen LogP contribution in [0.25, 0.3) is 66.2 Å². The van der Waals surface area contributed by atoms with Crippen molar-refractivity contribution in [3.63, 3.8) is 0 Å². The molecule has 0 fully saturated rings. The molecule has 0 saturated heterocycles. The highest BCUT2D eigenvalue weighted by atomic mass is 15.0. The van der Waals surface area contributed by atoms with Gasteiger partial charge in [0.15, 0.2) is 0 Å². The average Bonchev–Trinajstić information content (AvgIpc) is 3.72. The van der Waals surface area contributed by atoms with Gasteiger partial charge in [-0.1, -0.05) is 115 Å². The highest BCUT2D eigenvalue weighted by Crippen LogP contribution is 2.39. The molecule has 2 aromatic heterocycles. The van der Waals surface area contributed by atoms with Crippen LogP contribution in [0, 0.1) is 5.41 Å². The zero-order chi connectivity index (χ0) is 33.6. The van der Waals surface area contributed by atoms with E-state index in [-0.39, 0.29) is 0 Å². The van der Waals surface area contributed by atoms with Crippen LogP contribution in [0.3, 0.4) is 0 Å². The molecule has 7 aromatic rings. The molecule has 0 aliphatic rings. The van der Waals surface area contributed by atoms with E-state index in [0.29, 0.717) is 5.71 Å². The molecule has 3 nitrogen and oxygen atoms in total. The summed E-state index contributed by atoms with van der Waals surface area (Å²) in [7, 11) is 0. The zero-order valence-corrected chi connectivity index (χ0v) is 27.9. The van der Waals surface area contributed by atoms with Gasteiger partial charge in [0, 0.05) is 28.0 Å². The minimum Gasteiger partial charge on any atom is -0.359 e. The van der Waals surface area contributed by atoms with Crippen molar-refractivity contribution >= 4 is 55.1 Å². The van der Waals surface area contributed by atoms with Crippen molar-refractivity contribution in [2.75, 3.05) is 0 Å². The third-order valence-electron chi connectivity index (χ3n) is 8.55. The fourth-order valence-electron chi connectivity index (χ4n) is 6.35. The summed E-state index contributed by atoms with van der Waals surface area (Å²) in [4.78, 5) is 3.29. The molecule has 3 heteroatoms. The molecule has 5 aromatic carbocycles. The first-order chi connectivity index (χ1) is 23.4. The number of H-pyrrole nitrogens is 1. The minimum absolute atomic E-state index is 0.471. The standard InChI is InChI=1S/C42H35N3.C3H6/c1-4-9-28(3)11-8-12-29-15-20-36-33(23-29)18-22-38-37-21-17-32(34-25-40(44-27-34)39(43)10-5-2)26-41(37)45(42(36)38)35-19-16-30-13-6-7-14-31(30)24-35;1-3-2/h4-10,12-27,43-44H,1,11H2,2-3H3;3H,1H2,2H3/b10-5-,12-8+,28-9+,43-39?;. The van der Waals surface area contributed by atoms with Gasteiger partial charge in [-0.2, -0.15) is 0 Å². The van der Waals surface area contributed by atoms with Gasteiger partial charge in [0.25, 0.3) is 0 Å². The molecule has 0 atom stereocenters. The van der Waals surface area contributed by atoms with E-state index in [9.17, 15) is 0 Å². The maximum absolute atomic E-state index is 8.35. The molecule has 0 aliphatic carbocycles. The molecule has 0 aliphatic heterocycles. The Morgan fingerprint density at radius 1 is 0.792 bits per heavy atom. The van der Waals surface area contributed by atoms with Gasteiger partial charge in [0.05, 0.1) is 22.4 Å². The fourth-order valence-corrected chi connectivity index (χ4v) is 6.35. The quantitative estimate of drug-likeness (QED) is 0.0961. The van der Waals surface area contributed by atoms with Crippen LogP contribution in [0.2, 0.25) is 0 Å². The smallest absolute Gasteiger partial charge is 0.0771 e. The summed E-state index contributed by atoms with van der Waals surface area (Å²) in [6, 6.07) is 35.4. The van der Waals surface area contributed by atoms with E-state index in [0.717, 1.165) is 34.4 Å². The van der Waals surface area contributed by atoms with Crippen molar-refractivity contribution in [3.8, 4) is 16.8 Å². The summed E-state index contributed by atoms with van der Waals surface area (Å²) in [6.07, 6.45) is 16.7. The van der Waals surface area contributed by atoms with E-state index in [1.54, 1.807) is 6.08 Å². The predicted molar refractivity (Wildman–Crippen MR) is 211 cm³/mol. The number of allylic oxidation sites excluding steroid dienone is 7. The summed E-state index contributed by atoms with van der Waals surface area (Å²) in [5, 5.41) is 15.7. The number of benzene rings is 5. The number of fused-ring (bicyclic) bond motifs is 6. The van der Waals surface area contributed by atoms with Crippen LogP contribution < -0.4 is 0 Å². The topological polar surface area (TPSA) is 44.6 Å². The summed E-state index contributed by atoms with van der Waals surface area (Å²) in [5.74, 6) is 0. The lowest BCUT2D eigenvalue weighted by Crippen LogP contribution is -1.95. The number of hydrogen-bond acceptors (Lipinski definition) is 1. The molecular weight excluding hydrogens is 583 g/mol. The summed E-state index contributed by atoms with van der Waals surface area (Å²) >= 11 is 0. The van der Waals surface area contributed by atoms with Gasteiger partial charge < -0.3 is 9.55 Å².